The molecule has 0 saturated carbocycles. The molecular formula is C17H22N2O3. The Kier molecular flexibility index (Phi) is 4.34. The minimum Gasteiger partial charge on any atom is -0.459 e. The molecule has 5 heteroatoms. The summed E-state index contributed by atoms with van der Waals surface area (Å²) in [6, 6.07) is 10.7. The van der Waals surface area contributed by atoms with Crippen molar-refractivity contribution in [2.45, 2.75) is 31.8 Å². The molecule has 1 aromatic carbocycles. The maximum atomic E-state index is 11.5. The monoisotopic (exact) mass is 302 g/mol. The van der Waals surface area contributed by atoms with E-state index in [0.717, 1.165) is 42.7 Å². The average Bonchev–Trinajstić information content (AvgIpc) is 2.99. The van der Waals surface area contributed by atoms with Crippen molar-refractivity contribution in [3.8, 4) is 0 Å². The summed E-state index contributed by atoms with van der Waals surface area (Å²) in [5, 5.41) is 4.73. The number of nitrogens with one attached hydrogen (secondary N) is 1. The van der Waals surface area contributed by atoms with Crippen LogP contribution >= 0.6 is 0 Å². The molecule has 0 aliphatic carbocycles. The third-order valence-corrected chi connectivity index (χ3v) is 4.28. The van der Waals surface area contributed by atoms with E-state index in [1.807, 2.05) is 18.2 Å². The lowest BCUT2D eigenvalue weighted by Gasteiger charge is -2.32. The molecule has 0 spiro atoms. The quantitative estimate of drug-likeness (QED) is 0.945. The molecule has 1 atom stereocenters. The van der Waals surface area contributed by atoms with E-state index < -0.39 is 0 Å². The third kappa shape index (κ3) is 3.09. The van der Waals surface area contributed by atoms with Crippen LogP contribution in [0.1, 0.15) is 31.6 Å². The number of furan rings is 1. The second-order valence-electron chi connectivity index (χ2n) is 5.81. The predicted octanol–water partition coefficient (Wildman–Crippen LogP) is 3.31. The minimum atomic E-state index is -0.233. The molecule has 2 heterocycles. The maximum Gasteiger partial charge on any atom is 0.409 e. The summed E-state index contributed by atoms with van der Waals surface area (Å²) in [6.45, 7) is 3.58. The Morgan fingerprint density at radius 2 is 2.09 bits per heavy atom. The number of nitrogens with zero attached hydrogens (tertiary/aromatic N) is 1. The lowest BCUT2D eigenvalue weighted by atomic mass is 10.0. The van der Waals surface area contributed by atoms with Crippen molar-refractivity contribution in [1.29, 1.82) is 0 Å². The van der Waals surface area contributed by atoms with Crippen LogP contribution < -0.4 is 5.32 Å². The summed E-state index contributed by atoms with van der Waals surface area (Å²) in [7, 11) is 1.43. The first kappa shape index (κ1) is 14.9. The van der Waals surface area contributed by atoms with Crippen LogP contribution in [0.3, 0.4) is 0 Å². The largest absolute Gasteiger partial charge is 0.459 e. The van der Waals surface area contributed by atoms with Crippen LogP contribution in [0.4, 0.5) is 4.79 Å². The zero-order valence-electron chi connectivity index (χ0n) is 13.0. The van der Waals surface area contributed by atoms with Crippen molar-refractivity contribution >= 4 is 17.1 Å². The average molecular weight is 302 g/mol. The molecule has 1 fully saturated rings. The summed E-state index contributed by atoms with van der Waals surface area (Å²) < 4.78 is 10.7. The van der Waals surface area contributed by atoms with Gasteiger partial charge in [0, 0.05) is 24.5 Å². The SMILES string of the molecule is COC(=O)N1CCC(N[C@@H](C)c2cc3ccccc3o2)CC1. The fraction of sp³-hybridized carbons (Fsp3) is 0.471. The normalized spacial score (nSPS) is 17.6. The number of fused-ring (bicyclic) bond motifs is 1. The lowest BCUT2D eigenvalue weighted by molar-refractivity contribution is 0.108. The Morgan fingerprint density at radius 3 is 2.77 bits per heavy atom. The Morgan fingerprint density at radius 1 is 1.36 bits per heavy atom. The molecule has 22 heavy (non-hydrogen) atoms. The van der Waals surface area contributed by atoms with Gasteiger partial charge in [-0.2, -0.15) is 0 Å². The molecule has 1 aromatic heterocycles. The molecule has 2 aromatic rings. The summed E-state index contributed by atoms with van der Waals surface area (Å²) in [5.41, 5.74) is 0.923. The van der Waals surface area contributed by atoms with E-state index in [9.17, 15) is 4.79 Å². The highest BCUT2D eigenvalue weighted by atomic mass is 16.5. The standard InChI is InChI=1S/C17H22N2O3/c1-12(16-11-13-5-3-4-6-15(13)22-16)18-14-7-9-19(10-8-14)17(20)21-2/h3-6,11-12,14,18H,7-10H2,1-2H3/t12-/m0/s1. The van der Waals surface area contributed by atoms with Gasteiger partial charge in [0.15, 0.2) is 0 Å². The van der Waals surface area contributed by atoms with E-state index >= 15 is 0 Å². The fourth-order valence-electron chi connectivity index (χ4n) is 3.01. The summed E-state index contributed by atoms with van der Waals surface area (Å²) >= 11 is 0. The van der Waals surface area contributed by atoms with E-state index in [1.165, 1.54) is 7.11 Å². The highest BCUT2D eigenvalue weighted by Crippen LogP contribution is 2.25. The van der Waals surface area contributed by atoms with Gasteiger partial charge < -0.3 is 19.4 Å². The second kappa shape index (κ2) is 6.40. The fourth-order valence-corrected chi connectivity index (χ4v) is 3.01. The van der Waals surface area contributed by atoms with Gasteiger partial charge in [0.25, 0.3) is 0 Å². The topological polar surface area (TPSA) is 54.7 Å². The molecule has 1 N–H and O–H groups in total. The third-order valence-electron chi connectivity index (χ3n) is 4.28. The Bertz CT molecular complexity index is 611. The van der Waals surface area contributed by atoms with Crippen LogP contribution in [0.5, 0.6) is 0 Å². The zero-order chi connectivity index (χ0) is 15.5. The zero-order valence-corrected chi connectivity index (χ0v) is 13.0. The van der Waals surface area contributed by atoms with Gasteiger partial charge in [-0.1, -0.05) is 18.2 Å². The number of piperidine rings is 1. The number of ether oxygens (including phenoxy) is 1. The first-order valence-corrected chi connectivity index (χ1v) is 7.75. The van der Waals surface area contributed by atoms with Crippen molar-refractivity contribution in [3.63, 3.8) is 0 Å². The number of rotatable bonds is 3. The molecule has 118 valence electrons. The summed E-state index contributed by atoms with van der Waals surface area (Å²) in [6.07, 6.45) is 1.63. The molecule has 1 aliphatic rings. The maximum absolute atomic E-state index is 11.5. The number of carbonyl (C=O) groups excluding carboxylic acids is 1. The number of para-hydroxylation sites is 1. The van der Waals surface area contributed by atoms with Crippen LogP contribution in [-0.2, 0) is 4.74 Å². The number of carbonyl (C=O) groups is 1. The number of hydrogen-bond acceptors (Lipinski definition) is 4. The molecular weight excluding hydrogens is 280 g/mol. The van der Waals surface area contributed by atoms with Gasteiger partial charge in [0.1, 0.15) is 11.3 Å². The van der Waals surface area contributed by atoms with Crippen molar-refractivity contribution in [2.24, 2.45) is 0 Å². The van der Waals surface area contributed by atoms with E-state index in [2.05, 4.69) is 24.4 Å². The van der Waals surface area contributed by atoms with Gasteiger partial charge in [-0.3, -0.25) is 0 Å². The number of amides is 1. The van der Waals surface area contributed by atoms with Crippen LogP contribution in [0, 0.1) is 0 Å². The van der Waals surface area contributed by atoms with Crippen molar-refractivity contribution in [3.05, 3.63) is 36.1 Å². The van der Waals surface area contributed by atoms with Crippen molar-refractivity contribution in [2.75, 3.05) is 20.2 Å². The number of benzene rings is 1. The number of likely N-dealkylation sites (tertiary alicyclic amines) is 1. The molecule has 3 rings (SSSR count). The van der Waals surface area contributed by atoms with Gasteiger partial charge in [0.2, 0.25) is 0 Å². The first-order valence-electron chi connectivity index (χ1n) is 7.75. The molecule has 5 nitrogen and oxygen atoms in total. The van der Waals surface area contributed by atoms with Gasteiger partial charge in [0.05, 0.1) is 13.2 Å². The van der Waals surface area contributed by atoms with E-state index in [-0.39, 0.29) is 12.1 Å². The van der Waals surface area contributed by atoms with Crippen molar-refractivity contribution in [1.82, 2.24) is 10.2 Å². The molecule has 0 radical (unpaired) electrons. The lowest BCUT2D eigenvalue weighted by Crippen LogP contribution is -2.45. The Hall–Kier alpha value is -2.01. The van der Waals surface area contributed by atoms with E-state index in [0.29, 0.717) is 6.04 Å². The molecule has 0 bridgehead atoms. The van der Waals surface area contributed by atoms with Crippen LogP contribution in [0.2, 0.25) is 0 Å². The van der Waals surface area contributed by atoms with Gasteiger partial charge in [-0.15, -0.1) is 0 Å². The van der Waals surface area contributed by atoms with Crippen molar-refractivity contribution < 1.29 is 13.9 Å². The summed E-state index contributed by atoms with van der Waals surface area (Å²) in [4.78, 5) is 13.2. The molecule has 1 saturated heterocycles. The van der Waals surface area contributed by atoms with Crippen LogP contribution in [0.15, 0.2) is 34.7 Å². The Labute approximate surface area is 130 Å². The van der Waals surface area contributed by atoms with Gasteiger partial charge in [-0.05, 0) is 31.9 Å². The number of hydrogen-bond donors (Lipinski definition) is 1. The molecule has 1 aliphatic heterocycles. The number of methoxy groups -OCH3 is 1. The minimum absolute atomic E-state index is 0.155. The molecule has 1 amide bonds. The van der Waals surface area contributed by atoms with Gasteiger partial charge >= 0.3 is 6.09 Å². The van der Waals surface area contributed by atoms with Crippen LogP contribution in [0.25, 0.3) is 11.0 Å². The van der Waals surface area contributed by atoms with Crippen LogP contribution in [-0.4, -0.2) is 37.2 Å². The summed E-state index contributed by atoms with van der Waals surface area (Å²) in [5.74, 6) is 0.955. The van der Waals surface area contributed by atoms with E-state index in [4.69, 9.17) is 9.15 Å². The van der Waals surface area contributed by atoms with E-state index in [1.54, 1.807) is 4.90 Å². The highest BCUT2D eigenvalue weighted by Gasteiger charge is 2.24. The molecule has 0 unspecified atom stereocenters. The highest BCUT2D eigenvalue weighted by molar-refractivity contribution is 5.77. The van der Waals surface area contributed by atoms with Gasteiger partial charge in [-0.25, -0.2) is 4.79 Å². The first-order chi connectivity index (χ1) is 10.7. The smallest absolute Gasteiger partial charge is 0.409 e. The Balaban J connectivity index is 1.58. The second-order valence-corrected chi connectivity index (χ2v) is 5.81. The predicted molar refractivity (Wildman–Crippen MR) is 84.8 cm³/mol.